The summed E-state index contributed by atoms with van der Waals surface area (Å²) in [5.41, 5.74) is 0. The van der Waals surface area contributed by atoms with Gasteiger partial charge in [-0.05, 0) is 27.1 Å². The molecule has 0 N–H and O–H groups in total. The van der Waals surface area contributed by atoms with Crippen molar-refractivity contribution < 1.29 is 0 Å². The minimum atomic E-state index is 0. The molecule has 0 spiro atoms. The molecule has 16 heavy (non-hydrogen) atoms. The van der Waals surface area contributed by atoms with Crippen molar-refractivity contribution in [3.63, 3.8) is 0 Å². The number of hydrogen-bond acceptors (Lipinski definition) is 1. The molecule has 0 aliphatic carbocycles. The Morgan fingerprint density at radius 1 is 0.625 bits per heavy atom. The van der Waals surface area contributed by atoms with Crippen LogP contribution in [0.2, 0.25) is 0 Å². The summed E-state index contributed by atoms with van der Waals surface area (Å²) in [5, 5.41) is 0. The monoisotopic (exact) mass is 237 g/mol. The first kappa shape index (κ1) is 19.3. The molecule has 0 bridgehead atoms. The molecule has 0 aromatic heterocycles. The molecule has 0 heterocycles. The van der Waals surface area contributed by atoms with E-state index in [0.29, 0.717) is 0 Å². The minimum absolute atomic E-state index is 0. The summed E-state index contributed by atoms with van der Waals surface area (Å²) in [7, 11) is 4.32. The zero-order valence-corrected chi connectivity index (χ0v) is 11.2. The Morgan fingerprint density at radius 2 is 1.00 bits per heavy atom. The van der Waals surface area contributed by atoms with E-state index >= 15 is 0 Å². The van der Waals surface area contributed by atoms with Gasteiger partial charge >= 0.3 is 29.6 Å². The third-order valence-corrected chi connectivity index (χ3v) is 2.96. The molecular formula is C14H32NNa. The van der Waals surface area contributed by atoms with Gasteiger partial charge < -0.3 is 4.90 Å². The third-order valence-electron chi connectivity index (χ3n) is 2.96. The van der Waals surface area contributed by atoms with E-state index in [4.69, 9.17) is 0 Å². The summed E-state index contributed by atoms with van der Waals surface area (Å²) in [6, 6.07) is 0. The van der Waals surface area contributed by atoms with Gasteiger partial charge in [-0.3, -0.25) is 0 Å². The van der Waals surface area contributed by atoms with Crippen LogP contribution < -0.4 is 0 Å². The van der Waals surface area contributed by atoms with E-state index in [-0.39, 0.29) is 29.6 Å². The van der Waals surface area contributed by atoms with E-state index in [0.717, 1.165) is 0 Å². The van der Waals surface area contributed by atoms with Gasteiger partial charge in [-0.2, -0.15) is 0 Å². The molecule has 0 atom stereocenters. The summed E-state index contributed by atoms with van der Waals surface area (Å²) in [4.78, 5) is 2.28. The molecule has 0 unspecified atom stereocenters. The van der Waals surface area contributed by atoms with E-state index in [2.05, 4.69) is 25.9 Å². The van der Waals surface area contributed by atoms with E-state index in [1.54, 1.807) is 0 Å². The molecule has 0 aromatic rings. The molecule has 1 nitrogen and oxygen atoms in total. The molecule has 0 radical (unpaired) electrons. The topological polar surface area (TPSA) is 3.24 Å². The number of hydrogen-bond donors (Lipinski definition) is 0. The molecular weight excluding hydrogens is 205 g/mol. The first-order valence-corrected chi connectivity index (χ1v) is 6.92. The van der Waals surface area contributed by atoms with E-state index in [9.17, 15) is 0 Å². The van der Waals surface area contributed by atoms with Crippen molar-refractivity contribution in [3.05, 3.63) is 0 Å². The fraction of sp³-hybridized carbons (Fsp3) is 1.00. The van der Waals surface area contributed by atoms with Crippen LogP contribution in [0.15, 0.2) is 0 Å². The van der Waals surface area contributed by atoms with Crippen molar-refractivity contribution in [2.45, 2.75) is 71.1 Å². The van der Waals surface area contributed by atoms with Gasteiger partial charge in [0.2, 0.25) is 0 Å². The zero-order valence-electron chi connectivity index (χ0n) is 11.2. The van der Waals surface area contributed by atoms with E-state index in [1.165, 1.54) is 70.8 Å². The van der Waals surface area contributed by atoms with Gasteiger partial charge in [-0.1, -0.05) is 64.7 Å². The number of unbranched alkanes of at least 4 members (excludes halogenated alkanes) is 9. The molecule has 0 saturated heterocycles. The van der Waals surface area contributed by atoms with Crippen LogP contribution >= 0.6 is 0 Å². The second-order valence-electron chi connectivity index (χ2n) is 4.99. The standard InChI is InChI=1S/C14H31N.Na.H/c1-4-5-6-7-8-9-10-11-12-13-14-15(2)3;;/h4-14H2,1-3H3;;. The summed E-state index contributed by atoms with van der Waals surface area (Å²) < 4.78 is 0. The fourth-order valence-corrected chi connectivity index (χ4v) is 1.92. The summed E-state index contributed by atoms with van der Waals surface area (Å²) >= 11 is 0. The molecule has 0 aliphatic heterocycles. The summed E-state index contributed by atoms with van der Waals surface area (Å²) in [6.45, 7) is 3.54. The normalized spacial score (nSPS) is 10.5. The van der Waals surface area contributed by atoms with Gasteiger partial charge in [0.05, 0.1) is 0 Å². The first-order valence-electron chi connectivity index (χ1n) is 6.92. The molecule has 0 rings (SSSR count). The second kappa shape index (κ2) is 16.0. The average Bonchev–Trinajstić information content (AvgIpc) is 2.20. The van der Waals surface area contributed by atoms with Crippen molar-refractivity contribution in [2.24, 2.45) is 0 Å². The van der Waals surface area contributed by atoms with Crippen LogP contribution in [-0.4, -0.2) is 55.1 Å². The van der Waals surface area contributed by atoms with Gasteiger partial charge in [-0.15, -0.1) is 0 Å². The van der Waals surface area contributed by atoms with E-state index in [1.807, 2.05) is 0 Å². The summed E-state index contributed by atoms with van der Waals surface area (Å²) in [5.74, 6) is 0. The third kappa shape index (κ3) is 17.4. The van der Waals surface area contributed by atoms with Crippen LogP contribution in [0.1, 0.15) is 71.1 Å². The molecule has 0 aliphatic rings. The van der Waals surface area contributed by atoms with Crippen LogP contribution in [0.3, 0.4) is 0 Å². The van der Waals surface area contributed by atoms with Gasteiger partial charge in [0.25, 0.3) is 0 Å². The average molecular weight is 237 g/mol. The van der Waals surface area contributed by atoms with Crippen molar-refractivity contribution in [1.82, 2.24) is 4.90 Å². The van der Waals surface area contributed by atoms with Crippen LogP contribution in [0.25, 0.3) is 0 Å². The molecule has 0 amide bonds. The Kier molecular flexibility index (Phi) is 19.3. The Bertz CT molecular complexity index is 115. The predicted octanol–water partition coefficient (Wildman–Crippen LogP) is 3.82. The fourth-order valence-electron chi connectivity index (χ4n) is 1.92. The number of rotatable bonds is 11. The van der Waals surface area contributed by atoms with Crippen LogP contribution in [-0.2, 0) is 0 Å². The van der Waals surface area contributed by atoms with Crippen LogP contribution in [0, 0.1) is 0 Å². The zero-order chi connectivity index (χ0) is 11.4. The molecule has 94 valence electrons. The van der Waals surface area contributed by atoms with Gasteiger partial charge in [0, 0.05) is 0 Å². The molecule has 0 fully saturated rings. The SMILES string of the molecule is CCCCCCCCCCCCN(C)C.[NaH]. The Morgan fingerprint density at radius 3 is 1.38 bits per heavy atom. The van der Waals surface area contributed by atoms with Crippen molar-refractivity contribution in [3.8, 4) is 0 Å². The van der Waals surface area contributed by atoms with E-state index < -0.39 is 0 Å². The summed E-state index contributed by atoms with van der Waals surface area (Å²) in [6.07, 6.45) is 14.4. The maximum absolute atomic E-state index is 2.28. The first-order chi connectivity index (χ1) is 7.27. The van der Waals surface area contributed by atoms with Crippen LogP contribution in [0.4, 0.5) is 0 Å². The van der Waals surface area contributed by atoms with Gasteiger partial charge in [0.15, 0.2) is 0 Å². The van der Waals surface area contributed by atoms with Crippen LogP contribution in [0.5, 0.6) is 0 Å². The molecule has 2 heteroatoms. The Balaban J connectivity index is 0. The molecule has 0 aromatic carbocycles. The quantitative estimate of drug-likeness (QED) is 0.390. The van der Waals surface area contributed by atoms with Gasteiger partial charge in [0.1, 0.15) is 0 Å². The Labute approximate surface area is 126 Å². The van der Waals surface area contributed by atoms with Gasteiger partial charge in [-0.25, -0.2) is 0 Å². The van der Waals surface area contributed by atoms with Crippen molar-refractivity contribution >= 4 is 29.6 Å². The molecule has 0 saturated carbocycles. The Hall–Kier alpha value is 0.960. The second-order valence-corrected chi connectivity index (χ2v) is 4.99. The van der Waals surface area contributed by atoms with Crippen molar-refractivity contribution in [2.75, 3.05) is 20.6 Å². The maximum atomic E-state index is 2.28. The van der Waals surface area contributed by atoms with Crippen molar-refractivity contribution in [1.29, 1.82) is 0 Å². The number of nitrogens with zero attached hydrogens (tertiary/aromatic N) is 1. The predicted molar refractivity (Wildman–Crippen MR) is 77.5 cm³/mol.